The Morgan fingerprint density at radius 3 is 2.62 bits per heavy atom. The molecule has 3 rings (SSSR count). The number of benzene rings is 1. The van der Waals surface area contributed by atoms with E-state index in [0.29, 0.717) is 17.2 Å². The third-order valence-electron chi connectivity index (χ3n) is 3.43. The van der Waals surface area contributed by atoms with Crippen LogP contribution in [0.4, 0.5) is 11.4 Å². The van der Waals surface area contributed by atoms with Crippen LogP contribution in [0.3, 0.4) is 0 Å². The fraction of sp³-hybridized carbons (Fsp3) is 0.267. The van der Waals surface area contributed by atoms with E-state index in [-0.39, 0.29) is 5.41 Å². The number of aromatic nitrogens is 4. The molecule has 0 spiro atoms. The maximum atomic E-state index is 5.90. The van der Waals surface area contributed by atoms with Crippen LogP contribution in [-0.2, 0) is 5.41 Å². The molecule has 0 amide bonds. The minimum atomic E-state index is 0.0155. The van der Waals surface area contributed by atoms with Crippen LogP contribution in [0.5, 0.6) is 0 Å². The summed E-state index contributed by atoms with van der Waals surface area (Å²) >= 11 is 0. The van der Waals surface area contributed by atoms with Gasteiger partial charge in [0.25, 0.3) is 0 Å². The van der Waals surface area contributed by atoms with E-state index >= 15 is 0 Å². The van der Waals surface area contributed by atoms with Crippen LogP contribution < -0.4 is 5.73 Å². The van der Waals surface area contributed by atoms with Gasteiger partial charge in [-0.05, 0) is 24.9 Å². The highest BCUT2D eigenvalue weighted by Gasteiger charge is 2.18. The Morgan fingerprint density at radius 2 is 2.00 bits per heavy atom. The molecule has 2 aromatic heterocycles. The minimum absolute atomic E-state index is 0.0155. The van der Waals surface area contributed by atoms with Gasteiger partial charge in [0.1, 0.15) is 5.69 Å². The molecule has 1 aromatic carbocycles. The molecule has 0 aliphatic heterocycles. The van der Waals surface area contributed by atoms with Gasteiger partial charge < -0.3 is 10.7 Å². The van der Waals surface area contributed by atoms with Crippen molar-refractivity contribution in [3.63, 3.8) is 0 Å². The number of nitrogen functional groups attached to an aromatic ring is 1. The summed E-state index contributed by atoms with van der Waals surface area (Å²) in [6.07, 6.45) is 0. The van der Waals surface area contributed by atoms with Crippen LogP contribution in [0.2, 0.25) is 0 Å². The standard InChI is InChI=1S/C15H18N6/c1-15(2,3)13-7-12(20-21-13)14-18-10-5-8(16)9(17-4)6-11(10)19-14/h5-7H,4,16H2,1-3H3,(H,18,19)(H,20,21). The number of fused-ring (bicyclic) bond motifs is 1. The summed E-state index contributed by atoms with van der Waals surface area (Å²) in [5.74, 6) is 0.706. The Hall–Kier alpha value is -2.63. The SMILES string of the molecule is C=Nc1cc2[nH]c(-c3cc(C(C)(C)C)[nH]n3)nc2cc1N. The molecule has 0 aliphatic rings. The Kier molecular flexibility index (Phi) is 2.83. The van der Waals surface area contributed by atoms with Crippen molar-refractivity contribution >= 4 is 29.1 Å². The zero-order valence-corrected chi connectivity index (χ0v) is 12.4. The third kappa shape index (κ3) is 2.29. The van der Waals surface area contributed by atoms with Crippen molar-refractivity contribution in [3.8, 4) is 11.5 Å². The molecule has 0 radical (unpaired) electrons. The highest BCUT2D eigenvalue weighted by Crippen LogP contribution is 2.29. The van der Waals surface area contributed by atoms with Crippen LogP contribution in [0.1, 0.15) is 26.5 Å². The fourth-order valence-corrected chi connectivity index (χ4v) is 2.15. The first-order valence-electron chi connectivity index (χ1n) is 6.70. The Balaban J connectivity index is 2.09. The largest absolute Gasteiger partial charge is 0.397 e. The zero-order valence-electron chi connectivity index (χ0n) is 12.4. The summed E-state index contributed by atoms with van der Waals surface area (Å²) in [5, 5.41) is 7.39. The predicted molar refractivity (Wildman–Crippen MR) is 86.0 cm³/mol. The number of nitrogens with zero attached hydrogens (tertiary/aromatic N) is 3. The van der Waals surface area contributed by atoms with Crippen LogP contribution in [0, 0.1) is 0 Å². The molecule has 2 heterocycles. The number of aliphatic imine (C=N–C) groups is 1. The lowest BCUT2D eigenvalue weighted by Crippen LogP contribution is -2.11. The number of aromatic amines is 2. The molecule has 0 bridgehead atoms. The lowest BCUT2D eigenvalue weighted by Gasteiger charge is -2.14. The summed E-state index contributed by atoms with van der Waals surface area (Å²) in [4.78, 5) is 11.7. The van der Waals surface area contributed by atoms with E-state index in [2.05, 4.69) is 52.6 Å². The summed E-state index contributed by atoms with van der Waals surface area (Å²) in [6, 6.07) is 5.63. The molecule has 0 aliphatic carbocycles. The third-order valence-corrected chi connectivity index (χ3v) is 3.43. The zero-order chi connectivity index (χ0) is 15.2. The molecule has 0 saturated heterocycles. The molecular formula is C15H18N6. The number of H-pyrrole nitrogens is 2. The quantitative estimate of drug-likeness (QED) is 0.497. The Bertz CT molecular complexity index is 818. The topological polar surface area (TPSA) is 95.7 Å². The van der Waals surface area contributed by atoms with Gasteiger partial charge in [-0.25, -0.2) is 4.98 Å². The van der Waals surface area contributed by atoms with Crippen molar-refractivity contribution in [2.24, 2.45) is 4.99 Å². The highest BCUT2D eigenvalue weighted by molar-refractivity contribution is 5.87. The molecule has 0 saturated carbocycles. The van der Waals surface area contributed by atoms with Crippen molar-refractivity contribution < 1.29 is 0 Å². The van der Waals surface area contributed by atoms with E-state index in [4.69, 9.17) is 5.73 Å². The highest BCUT2D eigenvalue weighted by atomic mass is 15.1. The number of imidazole rings is 1. The molecule has 0 fully saturated rings. The van der Waals surface area contributed by atoms with E-state index in [0.717, 1.165) is 22.4 Å². The number of rotatable bonds is 2. The van der Waals surface area contributed by atoms with E-state index in [9.17, 15) is 0 Å². The Labute approximate surface area is 122 Å². The van der Waals surface area contributed by atoms with Crippen molar-refractivity contribution in [2.45, 2.75) is 26.2 Å². The van der Waals surface area contributed by atoms with Gasteiger partial charge in [-0.3, -0.25) is 10.1 Å². The average Bonchev–Trinajstić information content (AvgIpc) is 3.02. The van der Waals surface area contributed by atoms with Crippen molar-refractivity contribution in [3.05, 3.63) is 23.9 Å². The normalized spacial score (nSPS) is 12.0. The molecule has 0 atom stereocenters. The van der Waals surface area contributed by atoms with Gasteiger partial charge in [0.2, 0.25) is 0 Å². The number of hydrogen-bond donors (Lipinski definition) is 3. The number of nitrogens with one attached hydrogen (secondary N) is 2. The minimum Gasteiger partial charge on any atom is -0.397 e. The molecule has 4 N–H and O–H groups in total. The molecule has 0 unspecified atom stereocenters. The molecule has 6 nitrogen and oxygen atoms in total. The van der Waals surface area contributed by atoms with Gasteiger partial charge in [0, 0.05) is 11.1 Å². The van der Waals surface area contributed by atoms with E-state index in [1.54, 1.807) is 6.07 Å². The maximum Gasteiger partial charge on any atom is 0.159 e. The first kappa shape index (κ1) is 13.4. The predicted octanol–water partition coefficient (Wildman–Crippen LogP) is 3.16. The molecule has 6 heteroatoms. The fourth-order valence-electron chi connectivity index (χ4n) is 2.15. The van der Waals surface area contributed by atoms with Crippen LogP contribution >= 0.6 is 0 Å². The van der Waals surface area contributed by atoms with Gasteiger partial charge >= 0.3 is 0 Å². The van der Waals surface area contributed by atoms with Gasteiger partial charge in [-0.1, -0.05) is 20.8 Å². The molecule has 3 aromatic rings. The van der Waals surface area contributed by atoms with Crippen LogP contribution in [0.15, 0.2) is 23.2 Å². The average molecular weight is 282 g/mol. The Morgan fingerprint density at radius 1 is 1.24 bits per heavy atom. The maximum absolute atomic E-state index is 5.90. The van der Waals surface area contributed by atoms with Crippen molar-refractivity contribution in [1.29, 1.82) is 0 Å². The smallest absolute Gasteiger partial charge is 0.159 e. The van der Waals surface area contributed by atoms with Crippen molar-refractivity contribution in [1.82, 2.24) is 20.2 Å². The van der Waals surface area contributed by atoms with E-state index < -0.39 is 0 Å². The van der Waals surface area contributed by atoms with Gasteiger partial charge in [0.15, 0.2) is 5.82 Å². The van der Waals surface area contributed by atoms with Gasteiger partial charge in [-0.2, -0.15) is 5.10 Å². The van der Waals surface area contributed by atoms with E-state index in [1.165, 1.54) is 0 Å². The number of nitrogens with two attached hydrogens (primary N) is 1. The monoisotopic (exact) mass is 282 g/mol. The second-order valence-corrected chi connectivity index (χ2v) is 6.09. The summed E-state index contributed by atoms with van der Waals surface area (Å²) < 4.78 is 0. The number of hydrogen-bond acceptors (Lipinski definition) is 4. The van der Waals surface area contributed by atoms with E-state index in [1.807, 2.05) is 12.1 Å². The summed E-state index contributed by atoms with van der Waals surface area (Å²) in [6.45, 7) is 9.90. The first-order chi connectivity index (χ1) is 9.88. The van der Waals surface area contributed by atoms with Crippen molar-refractivity contribution in [2.75, 3.05) is 5.73 Å². The number of anilines is 1. The second-order valence-electron chi connectivity index (χ2n) is 6.09. The molecule has 108 valence electrons. The summed E-state index contributed by atoms with van der Waals surface area (Å²) in [7, 11) is 0. The second kappa shape index (κ2) is 4.44. The first-order valence-corrected chi connectivity index (χ1v) is 6.70. The van der Waals surface area contributed by atoms with Crippen LogP contribution in [-0.4, -0.2) is 26.9 Å². The van der Waals surface area contributed by atoms with Gasteiger partial charge in [0.05, 0.1) is 22.4 Å². The molecular weight excluding hydrogens is 264 g/mol. The lowest BCUT2D eigenvalue weighted by molar-refractivity contribution is 0.567. The van der Waals surface area contributed by atoms with Gasteiger partial charge in [-0.15, -0.1) is 0 Å². The van der Waals surface area contributed by atoms with Crippen LogP contribution in [0.25, 0.3) is 22.6 Å². The molecule has 21 heavy (non-hydrogen) atoms. The summed E-state index contributed by atoms with van der Waals surface area (Å²) in [5.41, 5.74) is 10.6. The lowest BCUT2D eigenvalue weighted by atomic mass is 9.92.